The van der Waals surface area contributed by atoms with Gasteiger partial charge in [0.05, 0.1) is 6.10 Å². The Bertz CT molecular complexity index is 99.5. The van der Waals surface area contributed by atoms with Crippen LogP contribution >= 0.6 is 0 Å². The van der Waals surface area contributed by atoms with Crippen LogP contribution in [0.25, 0.3) is 0 Å². The molecule has 0 amide bonds. The molecular formula is C8H20O3. The average molecular weight is 164 g/mol. The molecule has 3 nitrogen and oxygen atoms in total. The van der Waals surface area contributed by atoms with E-state index in [0.717, 1.165) is 0 Å². The number of carbonyl (C=O) groups excluding carboxylic acids is 1. The number of carbonyl (C=O) groups is 1. The number of rotatable bonds is 2. The summed E-state index contributed by atoms with van der Waals surface area (Å²) in [7, 11) is 0. The van der Waals surface area contributed by atoms with Gasteiger partial charge in [0.1, 0.15) is 6.10 Å². The number of aliphatic hydroxyl groups excluding tert-OH is 1. The molecule has 0 bridgehead atoms. The third-order valence-corrected chi connectivity index (χ3v) is 1.03. The van der Waals surface area contributed by atoms with E-state index in [9.17, 15) is 4.79 Å². The normalized spacial score (nSPS) is 13.5. The Labute approximate surface area is 69.4 Å². The topological polar surface area (TPSA) is 46.5 Å². The van der Waals surface area contributed by atoms with Crippen molar-refractivity contribution in [2.24, 2.45) is 0 Å². The molecule has 1 N–H and O–H groups in total. The maximum Gasteiger partial charge on any atom is 0.302 e. The summed E-state index contributed by atoms with van der Waals surface area (Å²) < 4.78 is 4.62. The smallest absolute Gasteiger partial charge is 0.302 e. The minimum absolute atomic E-state index is 0. The van der Waals surface area contributed by atoms with Crippen molar-refractivity contribution in [3.05, 3.63) is 0 Å². The molecule has 0 saturated carbocycles. The quantitative estimate of drug-likeness (QED) is 0.630. The molecule has 0 radical (unpaired) electrons. The lowest BCUT2D eigenvalue weighted by Crippen LogP contribution is -2.24. The van der Waals surface area contributed by atoms with Crippen LogP contribution in [0.15, 0.2) is 0 Å². The molecule has 0 rings (SSSR count). The second-order valence-electron chi connectivity index (χ2n) is 2.06. The largest absolute Gasteiger partial charge is 0.460 e. The first-order valence-electron chi connectivity index (χ1n) is 2.89. The highest BCUT2D eigenvalue weighted by Gasteiger charge is 2.10. The SMILES string of the molecule is C.C.CC(=O)OC(C)C(C)O. The Hall–Kier alpha value is -0.570. The molecule has 0 aliphatic carbocycles. The van der Waals surface area contributed by atoms with Gasteiger partial charge >= 0.3 is 5.97 Å². The zero-order valence-electron chi connectivity index (χ0n) is 5.92. The third kappa shape index (κ3) is 9.43. The van der Waals surface area contributed by atoms with Crippen molar-refractivity contribution < 1.29 is 14.6 Å². The lowest BCUT2D eigenvalue weighted by molar-refractivity contribution is -0.150. The summed E-state index contributed by atoms with van der Waals surface area (Å²) >= 11 is 0. The highest BCUT2D eigenvalue weighted by molar-refractivity contribution is 5.66. The molecule has 0 heterocycles. The number of esters is 1. The van der Waals surface area contributed by atoms with Crippen LogP contribution in [0.5, 0.6) is 0 Å². The average Bonchev–Trinajstić information content (AvgIpc) is 1.63. The van der Waals surface area contributed by atoms with E-state index in [-0.39, 0.29) is 20.8 Å². The van der Waals surface area contributed by atoms with Gasteiger partial charge in [0, 0.05) is 6.92 Å². The summed E-state index contributed by atoms with van der Waals surface area (Å²) in [6.45, 7) is 4.54. The van der Waals surface area contributed by atoms with Gasteiger partial charge < -0.3 is 9.84 Å². The number of hydrogen-bond donors (Lipinski definition) is 1. The highest BCUT2D eigenvalue weighted by Crippen LogP contribution is 1.96. The molecule has 2 atom stereocenters. The second-order valence-corrected chi connectivity index (χ2v) is 2.06. The maximum atomic E-state index is 10.2. The molecule has 70 valence electrons. The minimum Gasteiger partial charge on any atom is -0.460 e. The fraction of sp³-hybridized carbons (Fsp3) is 0.875. The molecule has 0 aliphatic heterocycles. The van der Waals surface area contributed by atoms with Crippen LogP contribution in [-0.4, -0.2) is 23.3 Å². The van der Waals surface area contributed by atoms with E-state index in [1.54, 1.807) is 13.8 Å². The predicted molar refractivity (Wildman–Crippen MR) is 46.4 cm³/mol. The van der Waals surface area contributed by atoms with Gasteiger partial charge in [-0.2, -0.15) is 0 Å². The summed E-state index contributed by atoms with van der Waals surface area (Å²) in [4.78, 5) is 10.2. The lowest BCUT2D eigenvalue weighted by Gasteiger charge is -2.13. The summed E-state index contributed by atoms with van der Waals surface area (Å²) in [5.74, 6) is -0.358. The van der Waals surface area contributed by atoms with Gasteiger partial charge in [-0.1, -0.05) is 14.9 Å². The van der Waals surface area contributed by atoms with E-state index in [0.29, 0.717) is 0 Å². The van der Waals surface area contributed by atoms with Gasteiger partial charge in [-0.15, -0.1) is 0 Å². The summed E-state index contributed by atoms with van der Waals surface area (Å²) in [5.41, 5.74) is 0. The van der Waals surface area contributed by atoms with Gasteiger partial charge in [0.15, 0.2) is 0 Å². The van der Waals surface area contributed by atoms with Gasteiger partial charge in [-0.25, -0.2) is 0 Å². The zero-order valence-corrected chi connectivity index (χ0v) is 5.92. The van der Waals surface area contributed by atoms with Crippen molar-refractivity contribution in [1.82, 2.24) is 0 Å². The zero-order chi connectivity index (χ0) is 7.44. The second kappa shape index (κ2) is 7.54. The minimum atomic E-state index is -0.589. The van der Waals surface area contributed by atoms with Gasteiger partial charge in [-0.3, -0.25) is 4.79 Å². The van der Waals surface area contributed by atoms with Crippen LogP contribution in [0.2, 0.25) is 0 Å². The van der Waals surface area contributed by atoms with Crippen LogP contribution < -0.4 is 0 Å². The summed E-state index contributed by atoms with van der Waals surface area (Å²) in [6, 6.07) is 0. The van der Waals surface area contributed by atoms with Gasteiger partial charge in [0.2, 0.25) is 0 Å². The molecule has 0 aromatic rings. The van der Waals surface area contributed by atoms with Crippen LogP contribution in [0.1, 0.15) is 35.6 Å². The first-order chi connectivity index (χ1) is 4.04. The van der Waals surface area contributed by atoms with Crippen LogP contribution in [0.4, 0.5) is 0 Å². The molecule has 0 aliphatic rings. The molecule has 11 heavy (non-hydrogen) atoms. The Kier molecular flexibility index (Phi) is 11.5. The fourth-order valence-corrected chi connectivity index (χ4v) is 0.360. The van der Waals surface area contributed by atoms with E-state index in [1.807, 2.05) is 0 Å². The van der Waals surface area contributed by atoms with E-state index < -0.39 is 12.2 Å². The summed E-state index contributed by atoms with van der Waals surface area (Å²) in [6.07, 6.45) is -0.989. The lowest BCUT2D eigenvalue weighted by atomic mass is 10.3. The third-order valence-electron chi connectivity index (χ3n) is 1.03. The number of ether oxygens (including phenoxy) is 1. The van der Waals surface area contributed by atoms with Crippen molar-refractivity contribution in [2.75, 3.05) is 0 Å². The number of hydrogen-bond acceptors (Lipinski definition) is 3. The van der Waals surface area contributed by atoms with Crippen molar-refractivity contribution in [3.8, 4) is 0 Å². The Morgan fingerprint density at radius 3 is 1.82 bits per heavy atom. The first-order valence-corrected chi connectivity index (χ1v) is 2.89. The number of aliphatic hydroxyl groups is 1. The van der Waals surface area contributed by atoms with Crippen molar-refractivity contribution in [1.29, 1.82) is 0 Å². The molecule has 3 heteroatoms. The van der Waals surface area contributed by atoms with E-state index >= 15 is 0 Å². The van der Waals surface area contributed by atoms with Crippen LogP contribution in [-0.2, 0) is 9.53 Å². The van der Waals surface area contributed by atoms with E-state index in [4.69, 9.17) is 5.11 Å². The molecule has 0 aromatic heterocycles. The molecule has 0 spiro atoms. The van der Waals surface area contributed by atoms with Crippen molar-refractivity contribution >= 4 is 5.97 Å². The molecule has 0 saturated heterocycles. The van der Waals surface area contributed by atoms with Crippen molar-refractivity contribution in [2.45, 2.75) is 47.8 Å². The van der Waals surface area contributed by atoms with E-state index in [1.165, 1.54) is 6.92 Å². The summed E-state index contributed by atoms with van der Waals surface area (Å²) in [5, 5.41) is 8.79. The van der Waals surface area contributed by atoms with Gasteiger partial charge in [-0.05, 0) is 13.8 Å². The highest BCUT2D eigenvalue weighted by atomic mass is 16.6. The monoisotopic (exact) mass is 164 g/mol. The molecule has 0 aromatic carbocycles. The molecule has 0 fully saturated rings. The Balaban J connectivity index is -0.000000320. The van der Waals surface area contributed by atoms with Crippen LogP contribution in [0, 0.1) is 0 Å². The maximum absolute atomic E-state index is 10.2. The van der Waals surface area contributed by atoms with Gasteiger partial charge in [0.25, 0.3) is 0 Å². The Morgan fingerprint density at radius 1 is 1.36 bits per heavy atom. The molecule has 2 unspecified atom stereocenters. The Morgan fingerprint density at radius 2 is 1.73 bits per heavy atom. The fourth-order valence-electron chi connectivity index (χ4n) is 0.360. The standard InChI is InChI=1S/C6H12O3.2CH4/c1-4(7)5(2)9-6(3)8;;/h4-5,7H,1-3H3;2*1H4. The predicted octanol–water partition coefficient (Wildman–Crippen LogP) is 1.59. The van der Waals surface area contributed by atoms with Crippen molar-refractivity contribution in [3.63, 3.8) is 0 Å². The van der Waals surface area contributed by atoms with Crippen LogP contribution in [0.3, 0.4) is 0 Å². The van der Waals surface area contributed by atoms with E-state index in [2.05, 4.69) is 4.74 Å². The first kappa shape index (κ1) is 16.8. The molecular weight excluding hydrogens is 144 g/mol.